The Bertz CT molecular complexity index is 431. The van der Waals surface area contributed by atoms with Crippen LogP contribution in [0.1, 0.15) is 23.1 Å². The van der Waals surface area contributed by atoms with Crippen molar-refractivity contribution < 1.29 is 4.74 Å². The fourth-order valence-corrected chi connectivity index (χ4v) is 2.61. The van der Waals surface area contributed by atoms with Crippen LogP contribution in [0.5, 0.6) is 5.75 Å². The van der Waals surface area contributed by atoms with Crippen molar-refractivity contribution in [2.45, 2.75) is 26.7 Å². The fourth-order valence-electron chi connectivity index (χ4n) is 2.07. The summed E-state index contributed by atoms with van der Waals surface area (Å²) in [6.07, 6.45) is 1.98. The van der Waals surface area contributed by atoms with Crippen LogP contribution in [-0.2, 0) is 6.42 Å². The highest BCUT2D eigenvalue weighted by Gasteiger charge is 2.17. The molecule has 1 rings (SSSR count). The van der Waals surface area contributed by atoms with Crippen LogP contribution in [0.3, 0.4) is 0 Å². The van der Waals surface area contributed by atoms with Gasteiger partial charge in [-0.3, -0.25) is 0 Å². The number of methoxy groups -OCH3 is 1. The van der Waals surface area contributed by atoms with Crippen LogP contribution in [0.2, 0.25) is 10.0 Å². The van der Waals surface area contributed by atoms with Crippen LogP contribution in [-0.4, -0.2) is 32.6 Å². The third kappa shape index (κ3) is 3.31. The molecule has 0 radical (unpaired) electrons. The molecule has 18 heavy (non-hydrogen) atoms. The van der Waals surface area contributed by atoms with Crippen LogP contribution < -0.4 is 4.74 Å². The zero-order valence-corrected chi connectivity index (χ0v) is 13.2. The minimum absolute atomic E-state index is 0.632. The molecule has 4 heteroatoms. The second-order valence-electron chi connectivity index (χ2n) is 4.80. The lowest BCUT2D eigenvalue weighted by molar-refractivity contribution is 0.390. The molecule has 0 amide bonds. The maximum absolute atomic E-state index is 6.31. The van der Waals surface area contributed by atoms with Gasteiger partial charge in [-0.15, -0.1) is 0 Å². The second kappa shape index (κ2) is 6.65. The first kappa shape index (κ1) is 15.6. The van der Waals surface area contributed by atoms with E-state index in [0.717, 1.165) is 46.8 Å². The van der Waals surface area contributed by atoms with Crippen molar-refractivity contribution in [3.63, 3.8) is 0 Å². The summed E-state index contributed by atoms with van der Waals surface area (Å²) in [5, 5.41) is 1.38. The Morgan fingerprint density at radius 2 is 1.67 bits per heavy atom. The molecule has 0 heterocycles. The smallest absolute Gasteiger partial charge is 0.141 e. The number of halogens is 2. The van der Waals surface area contributed by atoms with Gasteiger partial charge in [0, 0.05) is 10.6 Å². The quantitative estimate of drug-likeness (QED) is 0.809. The lowest BCUT2D eigenvalue weighted by Crippen LogP contribution is -2.14. The topological polar surface area (TPSA) is 12.5 Å². The molecule has 1 aromatic carbocycles. The summed E-state index contributed by atoms with van der Waals surface area (Å²) in [5.74, 6) is 0.773. The molecule has 0 aliphatic carbocycles. The highest BCUT2D eigenvalue weighted by atomic mass is 35.5. The normalized spacial score (nSPS) is 11.1. The van der Waals surface area contributed by atoms with Crippen LogP contribution in [0.25, 0.3) is 0 Å². The Balaban J connectivity index is 3.09. The molecular weight excluding hydrogens is 269 g/mol. The minimum Gasteiger partial charge on any atom is -0.495 e. The lowest BCUT2D eigenvalue weighted by atomic mass is 9.99. The van der Waals surface area contributed by atoms with Crippen LogP contribution >= 0.6 is 23.2 Å². The van der Waals surface area contributed by atoms with E-state index in [2.05, 4.69) is 19.0 Å². The third-order valence-corrected chi connectivity index (χ3v) is 4.17. The summed E-state index contributed by atoms with van der Waals surface area (Å²) in [6.45, 7) is 4.98. The summed E-state index contributed by atoms with van der Waals surface area (Å²) in [5.41, 5.74) is 3.10. The predicted molar refractivity (Wildman–Crippen MR) is 79.4 cm³/mol. The van der Waals surface area contributed by atoms with Crippen molar-refractivity contribution in [1.82, 2.24) is 4.90 Å². The Morgan fingerprint density at radius 3 is 2.17 bits per heavy atom. The highest BCUT2D eigenvalue weighted by Crippen LogP contribution is 2.40. The van der Waals surface area contributed by atoms with Gasteiger partial charge in [0.05, 0.1) is 12.1 Å². The van der Waals surface area contributed by atoms with E-state index in [9.17, 15) is 0 Å². The monoisotopic (exact) mass is 289 g/mol. The molecule has 0 unspecified atom stereocenters. The van der Waals surface area contributed by atoms with Gasteiger partial charge >= 0.3 is 0 Å². The molecule has 1 aromatic rings. The van der Waals surface area contributed by atoms with E-state index in [4.69, 9.17) is 27.9 Å². The van der Waals surface area contributed by atoms with Crippen LogP contribution in [0.15, 0.2) is 0 Å². The SMILES string of the molecule is COc1c(Cl)c(C)c(Cl)c(C)c1CCCN(C)C. The minimum atomic E-state index is 0.632. The molecule has 2 nitrogen and oxygen atoms in total. The van der Waals surface area contributed by atoms with Crippen molar-refractivity contribution in [2.24, 2.45) is 0 Å². The number of hydrogen-bond acceptors (Lipinski definition) is 2. The highest BCUT2D eigenvalue weighted by molar-refractivity contribution is 6.37. The maximum atomic E-state index is 6.31. The van der Waals surface area contributed by atoms with Gasteiger partial charge in [0.25, 0.3) is 0 Å². The van der Waals surface area contributed by atoms with Crippen molar-refractivity contribution in [3.05, 3.63) is 26.7 Å². The van der Waals surface area contributed by atoms with Gasteiger partial charge in [-0.05, 0) is 58.5 Å². The number of benzene rings is 1. The zero-order chi connectivity index (χ0) is 13.9. The van der Waals surface area contributed by atoms with Gasteiger partial charge in [-0.2, -0.15) is 0 Å². The standard InChI is InChI=1S/C14H21Cl2NO/c1-9-11(7-6-8-17(3)4)14(18-5)13(16)10(2)12(9)15/h6-8H2,1-5H3. The van der Waals surface area contributed by atoms with Crippen LogP contribution in [0.4, 0.5) is 0 Å². The second-order valence-corrected chi connectivity index (χ2v) is 5.55. The van der Waals surface area contributed by atoms with E-state index >= 15 is 0 Å². The molecule has 0 atom stereocenters. The average molecular weight is 290 g/mol. The summed E-state index contributed by atoms with van der Waals surface area (Å²) < 4.78 is 5.45. The number of rotatable bonds is 5. The zero-order valence-electron chi connectivity index (χ0n) is 11.7. The Labute approximate surface area is 120 Å². The van der Waals surface area contributed by atoms with Gasteiger partial charge in [-0.1, -0.05) is 23.2 Å². The summed E-state index contributed by atoms with van der Waals surface area (Å²) in [4.78, 5) is 2.17. The van der Waals surface area contributed by atoms with Gasteiger partial charge in [0.1, 0.15) is 5.75 Å². The predicted octanol–water partition coefficient (Wildman–Crippen LogP) is 4.11. The first-order chi connectivity index (χ1) is 8.40. The van der Waals surface area contributed by atoms with Crippen molar-refractivity contribution in [3.8, 4) is 5.75 Å². The number of hydrogen-bond donors (Lipinski definition) is 0. The van der Waals surface area contributed by atoms with E-state index in [1.165, 1.54) is 0 Å². The van der Waals surface area contributed by atoms with Crippen LogP contribution in [0, 0.1) is 13.8 Å². The van der Waals surface area contributed by atoms with E-state index in [-0.39, 0.29) is 0 Å². The van der Waals surface area contributed by atoms with Gasteiger partial charge in [0.15, 0.2) is 0 Å². The number of ether oxygens (including phenoxy) is 1. The molecule has 0 aliphatic rings. The molecule has 102 valence electrons. The largest absolute Gasteiger partial charge is 0.495 e. The summed E-state index contributed by atoms with van der Waals surface area (Å²) in [7, 11) is 5.79. The van der Waals surface area contributed by atoms with E-state index in [1.54, 1.807) is 7.11 Å². The van der Waals surface area contributed by atoms with Gasteiger partial charge in [0.2, 0.25) is 0 Å². The molecule has 0 bridgehead atoms. The van der Waals surface area contributed by atoms with Crippen molar-refractivity contribution in [2.75, 3.05) is 27.7 Å². The molecule has 0 saturated heterocycles. The summed E-state index contributed by atoms with van der Waals surface area (Å²) >= 11 is 12.6. The van der Waals surface area contributed by atoms with Gasteiger partial charge < -0.3 is 9.64 Å². The molecule has 0 saturated carbocycles. The molecule has 0 aliphatic heterocycles. The molecule has 0 fully saturated rings. The molecule has 0 N–H and O–H groups in total. The fraction of sp³-hybridized carbons (Fsp3) is 0.571. The lowest BCUT2D eigenvalue weighted by Gasteiger charge is -2.18. The third-order valence-electron chi connectivity index (χ3n) is 3.15. The van der Waals surface area contributed by atoms with Crippen molar-refractivity contribution >= 4 is 23.2 Å². The van der Waals surface area contributed by atoms with Gasteiger partial charge in [-0.25, -0.2) is 0 Å². The first-order valence-electron chi connectivity index (χ1n) is 6.05. The Kier molecular flexibility index (Phi) is 5.77. The van der Waals surface area contributed by atoms with E-state index in [0.29, 0.717) is 5.02 Å². The van der Waals surface area contributed by atoms with E-state index in [1.807, 2.05) is 13.8 Å². The van der Waals surface area contributed by atoms with Crippen molar-refractivity contribution in [1.29, 1.82) is 0 Å². The number of nitrogens with zero attached hydrogens (tertiary/aromatic N) is 1. The first-order valence-corrected chi connectivity index (χ1v) is 6.81. The van der Waals surface area contributed by atoms with E-state index < -0.39 is 0 Å². The Morgan fingerprint density at radius 1 is 1.06 bits per heavy atom. The summed E-state index contributed by atoms with van der Waals surface area (Å²) in [6, 6.07) is 0. The molecular formula is C14H21Cl2NO. The molecule has 0 spiro atoms. The maximum Gasteiger partial charge on any atom is 0.141 e. The Hall–Kier alpha value is -0.440. The molecule has 0 aromatic heterocycles. The average Bonchev–Trinajstić information content (AvgIpc) is 2.33.